The predicted molar refractivity (Wildman–Crippen MR) is 121 cm³/mol. The average Bonchev–Trinajstić information content (AvgIpc) is 2.89. The van der Waals surface area contributed by atoms with Crippen LogP contribution >= 0.6 is 0 Å². The minimum atomic E-state index is -0.636. The molecular formula is C25H25N3O3. The van der Waals surface area contributed by atoms with Crippen LogP contribution in [0.4, 0.5) is 16.2 Å². The maximum Gasteiger partial charge on any atom is 0.319 e. The highest BCUT2D eigenvalue weighted by molar-refractivity contribution is 5.98. The van der Waals surface area contributed by atoms with Gasteiger partial charge in [-0.2, -0.15) is 0 Å². The van der Waals surface area contributed by atoms with Gasteiger partial charge in [0.1, 0.15) is 12.4 Å². The van der Waals surface area contributed by atoms with Crippen LogP contribution in [0, 0.1) is 5.41 Å². The molecule has 0 saturated carbocycles. The zero-order valence-electron chi connectivity index (χ0n) is 17.5. The molecule has 0 radical (unpaired) electrons. The molecule has 3 amide bonds. The maximum absolute atomic E-state index is 12.8. The molecule has 6 nitrogen and oxygen atoms in total. The Labute approximate surface area is 181 Å². The Balaban J connectivity index is 1.52. The van der Waals surface area contributed by atoms with E-state index in [-0.39, 0.29) is 24.6 Å². The standard InChI is InChI=1S/C25H25N3O3/c1-25(2)16-31-21-15-19(13-14-20(21)27-23(25)29)26-24(30)28-22(17-9-5-3-6-10-17)18-11-7-4-8-12-18/h3-15,22H,16H2,1-2H3,(H,27,29)(H2,26,28,30). The monoisotopic (exact) mass is 415 g/mol. The molecule has 31 heavy (non-hydrogen) atoms. The molecule has 0 bridgehead atoms. The normalized spacial score (nSPS) is 14.6. The molecule has 4 rings (SSSR count). The van der Waals surface area contributed by atoms with Crippen LogP contribution in [0.1, 0.15) is 31.0 Å². The van der Waals surface area contributed by atoms with Gasteiger partial charge in [0, 0.05) is 11.8 Å². The molecule has 0 unspecified atom stereocenters. The molecule has 1 aliphatic heterocycles. The molecule has 0 saturated heterocycles. The maximum atomic E-state index is 12.8. The van der Waals surface area contributed by atoms with E-state index in [9.17, 15) is 9.59 Å². The largest absolute Gasteiger partial charge is 0.490 e. The fourth-order valence-electron chi connectivity index (χ4n) is 3.39. The van der Waals surface area contributed by atoms with E-state index in [1.54, 1.807) is 18.2 Å². The van der Waals surface area contributed by atoms with Gasteiger partial charge in [-0.15, -0.1) is 0 Å². The molecule has 3 aromatic carbocycles. The second-order valence-electron chi connectivity index (χ2n) is 8.19. The number of benzene rings is 3. The Kier molecular flexibility index (Phi) is 5.62. The lowest BCUT2D eigenvalue weighted by Crippen LogP contribution is -2.33. The Morgan fingerprint density at radius 2 is 1.58 bits per heavy atom. The third-order valence-electron chi connectivity index (χ3n) is 5.23. The van der Waals surface area contributed by atoms with Crippen molar-refractivity contribution in [3.05, 3.63) is 90.0 Å². The number of anilines is 2. The van der Waals surface area contributed by atoms with E-state index in [4.69, 9.17) is 4.74 Å². The molecule has 6 heteroatoms. The Morgan fingerprint density at radius 1 is 0.968 bits per heavy atom. The zero-order valence-corrected chi connectivity index (χ0v) is 17.5. The van der Waals surface area contributed by atoms with Crippen LogP contribution in [0.25, 0.3) is 0 Å². The highest BCUT2D eigenvalue weighted by Gasteiger charge is 2.32. The highest BCUT2D eigenvalue weighted by Crippen LogP contribution is 2.34. The molecule has 1 aliphatic rings. The topological polar surface area (TPSA) is 79.5 Å². The summed E-state index contributed by atoms with van der Waals surface area (Å²) >= 11 is 0. The molecule has 0 spiro atoms. The van der Waals surface area contributed by atoms with Crippen LogP contribution in [0.5, 0.6) is 5.75 Å². The minimum absolute atomic E-state index is 0.0988. The van der Waals surface area contributed by atoms with Crippen LogP contribution in [-0.4, -0.2) is 18.5 Å². The number of carbonyl (C=O) groups is 2. The van der Waals surface area contributed by atoms with Gasteiger partial charge in [0.25, 0.3) is 0 Å². The minimum Gasteiger partial charge on any atom is -0.490 e. The first kappa shape index (κ1) is 20.5. The summed E-state index contributed by atoms with van der Waals surface area (Å²) < 4.78 is 5.82. The van der Waals surface area contributed by atoms with Crippen molar-refractivity contribution in [1.82, 2.24) is 5.32 Å². The van der Waals surface area contributed by atoms with Crippen molar-refractivity contribution in [2.24, 2.45) is 5.41 Å². The zero-order chi connectivity index (χ0) is 21.8. The Hall–Kier alpha value is -3.80. The van der Waals surface area contributed by atoms with E-state index in [2.05, 4.69) is 16.0 Å². The average molecular weight is 415 g/mol. The van der Waals surface area contributed by atoms with Crippen molar-refractivity contribution in [2.75, 3.05) is 17.2 Å². The number of urea groups is 1. The SMILES string of the molecule is CC1(C)COc2cc(NC(=O)NC(c3ccccc3)c3ccccc3)ccc2NC1=O. The first-order chi connectivity index (χ1) is 14.9. The van der Waals surface area contributed by atoms with Crippen LogP contribution < -0.4 is 20.7 Å². The van der Waals surface area contributed by atoms with E-state index in [1.807, 2.05) is 74.5 Å². The number of carbonyl (C=O) groups excluding carboxylic acids is 2. The third kappa shape index (κ3) is 4.69. The second kappa shape index (κ2) is 8.52. The summed E-state index contributed by atoms with van der Waals surface area (Å²) in [5, 5.41) is 8.80. The number of hydrogen-bond acceptors (Lipinski definition) is 3. The quantitative estimate of drug-likeness (QED) is 0.564. The summed E-state index contributed by atoms with van der Waals surface area (Å²) in [5.74, 6) is 0.428. The molecule has 158 valence electrons. The van der Waals surface area contributed by atoms with Crippen molar-refractivity contribution >= 4 is 23.3 Å². The number of hydrogen-bond donors (Lipinski definition) is 3. The van der Waals surface area contributed by atoms with Gasteiger partial charge in [-0.25, -0.2) is 4.79 Å². The fourth-order valence-corrected chi connectivity index (χ4v) is 3.39. The van der Waals surface area contributed by atoms with E-state index >= 15 is 0 Å². The van der Waals surface area contributed by atoms with Gasteiger partial charge >= 0.3 is 6.03 Å². The molecule has 1 heterocycles. The number of fused-ring (bicyclic) bond motifs is 1. The van der Waals surface area contributed by atoms with E-state index < -0.39 is 5.41 Å². The van der Waals surface area contributed by atoms with Gasteiger partial charge < -0.3 is 20.7 Å². The second-order valence-corrected chi connectivity index (χ2v) is 8.19. The van der Waals surface area contributed by atoms with Gasteiger partial charge in [-0.3, -0.25) is 4.79 Å². The van der Waals surface area contributed by atoms with Crippen LogP contribution in [0.15, 0.2) is 78.9 Å². The van der Waals surface area contributed by atoms with Gasteiger partial charge in [0.05, 0.1) is 17.1 Å². The van der Waals surface area contributed by atoms with E-state index in [1.165, 1.54) is 0 Å². The lowest BCUT2D eigenvalue weighted by atomic mass is 9.94. The summed E-state index contributed by atoms with van der Waals surface area (Å²) in [6.45, 7) is 3.91. The third-order valence-corrected chi connectivity index (χ3v) is 5.23. The Bertz CT molecular complexity index is 1040. The van der Waals surface area contributed by atoms with Crippen molar-refractivity contribution < 1.29 is 14.3 Å². The first-order valence-corrected chi connectivity index (χ1v) is 10.2. The smallest absolute Gasteiger partial charge is 0.319 e. The van der Waals surface area contributed by atoms with Crippen molar-refractivity contribution in [2.45, 2.75) is 19.9 Å². The molecule has 0 fully saturated rings. The van der Waals surface area contributed by atoms with Gasteiger partial charge in [0.2, 0.25) is 5.91 Å². The van der Waals surface area contributed by atoms with Crippen molar-refractivity contribution in [1.29, 1.82) is 0 Å². The number of ether oxygens (including phenoxy) is 1. The summed E-state index contributed by atoms with van der Waals surface area (Å²) in [4.78, 5) is 25.1. The van der Waals surface area contributed by atoms with Gasteiger partial charge in [0.15, 0.2) is 0 Å². The summed E-state index contributed by atoms with van der Waals surface area (Å²) in [6.07, 6.45) is 0. The van der Waals surface area contributed by atoms with Crippen molar-refractivity contribution in [3.63, 3.8) is 0 Å². The lowest BCUT2D eigenvalue weighted by molar-refractivity contribution is -0.124. The van der Waals surface area contributed by atoms with E-state index in [0.717, 1.165) is 11.1 Å². The predicted octanol–water partition coefficient (Wildman–Crippen LogP) is 4.95. The molecule has 0 aromatic heterocycles. The molecule has 3 N–H and O–H groups in total. The highest BCUT2D eigenvalue weighted by atomic mass is 16.5. The first-order valence-electron chi connectivity index (χ1n) is 10.2. The van der Waals surface area contributed by atoms with Crippen LogP contribution in [-0.2, 0) is 4.79 Å². The Morgan fingerprint density at radius 3 is 2.19 bits per heavy atom. The molecule has 0 aliphatic carbocycles. The van der Waals surface area contributed by atoms with Gasteiger partial charge in [-0.1, -0.05) is 60.7 Å². The fraction of sp³-hybridized carbons (Fsp3) is 0.200. The van der Waals surface area contributed by atoms with E-state index in [0.29, 0.717) is 17.1 Å². The number of amides is 3. The van der Waals surface area contributed by atoms with Crippen molar-refractivity contribution in [3.8, 4) is 5.75 Å². The molecule has 3 aromatic rings. The number of nitrogens with one attached hydrogen (secondary N) is 3. The molecule has 0 atom stereocenters. The van der Waals surface area contributed by atoms with Crippen LogP contribution in [0.3, 0.4) is 0 Å². The summed E-state index contributed by atoms with van der Waals surface area (Å²) in [6, 6.07) is 24.2. The number of rotatable bonds is 4. The lowest BCUT2D eigenvalue weighted by Gasteiger charge is -2.20. The summed E-state index contributed by atoms with van der Waals surface area (Å²) in [5.41, 5.74) is 2.50. The molecular weight excluding hydrogens is 390 g/mol. The van der Waals surface area contributed by atoms with Gasteiger partial charge in [-0.05, 0) is 37.1 Å². The van der Waals surface area contributed by atoms with Crippen LogP contribution in [0.2, 0.25) is 0 Å². The summed E-state index contributed by atoms with van der Waals surface area (Å²) in [7, 11) is 0.